The standard InChI is InChI=1S/C8H4F6.C6H6F8O/c9-7(10,11)5-3-1-2-4-6(5)8(12,13)14;1-15-2-4(9,10)6(13,14)5(11,12)3(7)8/h1-4H;3H,2H2,1H3. The number of ether oxygens (including phenoxy) is 1. The molecule has 29 heavy (non-hydrogen) atoms. The first kappa shape index (κ1) is 27.2. The van der Waals surface area contributed by atoms with E-state index in [1.807, 2.05) is 0 Å². The van der Waals surface area contributed by atoms with Gasteiger partial charge < -0.3 is 4.74 Å². The number of benzene rings is 1. The van der Waals surface area contributed by atoms with Crippen LogP contribution in [0.25, 0.3) is 0 Å². The highest BCUT2D eigenvalue weighted by Gasteiger charge is 2.75. The average Bonchev–Trinajstić information content (AvgIpc) is 2.53. The molecule has 0 saturated heterocycles. The Labute approximate surface area is 153 Å². The average molecular weight is 460 g/mol. The second-order valence-corrected chi connectivity index (χ2v) is 5.18. The fourth-order valence-corrected chi connectivity index (χ4v) is 1.63. The molecule has 0 atom stereocenters. The molecule has 0 radical (unpaired) electrons. The molecule has 0 fully saturated rings. The van der Waals surface area contributed by atoms with Crippen LogP contribution in [0.5, 0.6) is 0 Å². The summed E-state index contributed by atoms with van der Waals surface area (Å²) in [6, 6.07) is 2.64. The Kier molecular flexibility index (Phi) is 8.36. The fourth-order valence-electron chi connectivity index (χ4n) is 1.63. The normalized spacial score (nSPS) is 13.9. The van der Waals surface area contributed by atoms with Crippen molar-refractivity contribution in [1.29, 1.82) is 0 Å². The molecule has 0 N–H and O–H groups in total. The minimum absolute atomic E-state index is 0.406. The van der Waals surface area contributed by atoms with E-state index in [-0.39, 0.29) is 0 Å². The number of rotatable bonds is 5. The Morgan fingerprint density at radius 2 is 1.07 bits per heavy atom. The Hall–Kier alpha value is -1.80. The van der Waals surface area contributed by atoms with Crippen LogP contribution in [0.2, 0.25) is 0 Å². The lowest BCUT2D eigenvalue weighted by molar-refractivity contribution is -0.344. The van der Waals surface area contributed by atoms with Crippen molar-refractivity contribution in [3.05, 3.63) is 35.4 Å². The number of hydrogen-bond donors (Lipinski definition) is 0. The molecule has 0 amide bonds. The van der Waals surface area contributed by atoms with Crippen LogP contribution in [0, 0.1) is 0 Å². The maximum atomic E-state index is 12.4. The third kappa shape index (κ3) is 6.34. The van der Waals surface area contributed by atoms with E-state index in [4.69, 9.17) is 0 Å². The zero-order valence-corrected chi connectivity index (χ0v) is 13.8. The summed E-state index contributed by atoms with van der Waals surface area (Å²) >= 11 is 0. The molecular formula is C14H10F14O. The number of methoxy groups -OCH3 is 1. The summed E-state index contributed by atoms with van der Waals surface area (Å²) in [7, 11) is 0.546. The van der Waals surface area contributed by atoms with Crippen LogP contribution in [-0.4, -0.2) is 37.9 Å². The van der Waals surface area contributed by atoms with Gasteiger partial charge in [0.2, 0.25) is 0 Å². The Morgan fingerprint density at radius 1 is 0.724 bits per heavy atom. The van der Waals surface area contributed by atoms with Gasteiger partial charge in [-0.1, -0.05) is 12.1 Å². The third-order valence-electron chi connectivity index (χ3n) is 3.02. The molecule has 1 aromatic carbocycles. The van der Waals surface area contributed by atoms with Crippen molar-refractivity contribution in [3.63, 3.8) is 0 Å². The van der Waals surface area contributed by atoms with Crippen LogP contribution in [0.3, 0.4) is 0 Å². The molecule has 0 spiro atoms. The Bertz CT molecular complexity index is 613. The minimum Gasteiger partial charge on any atom is -0.378 e. The van der Waals surface area contributed by atoms with Crippen molar-refractivity contribution >= 4 is 0 Å². The number of halogens is 14. The highest BCUT2D eigenvalue weighted by atomic mass is 19.4. The van der Waals surface area contributed by atoms with Gasteiger partial charge in [-0.25, -0.2) is 8.78 Å². The molecule has 1 aromatic rings. The molecule has 1 rings (SSSR count). The van der Waals surface area contributed by atoms with Crippen LogP contribution in [0.4, 0.5) is 61.5 Å². The SMILES string of the molecule is COCC(F)(F)C(F)(F)C(F)(F)C(F)F.FC(F)(F)c1ccccc1C(F)(F)F. The van der Waals surface area contributed by atoms with E-state index in [0.717, 1.165) is 12.1 Å². The molecule has 0 aliphatic carbocycles. The van der Waals surface area contributed by atoms with Crippen LogP contribution < -0.4 is 0 Å². The van der Waals surface area contributed by atoms with Crippen LogP contribution in [-0.2, 0) is 17.1 Å². The van der Waals surface area contributed by atoms with Crippen molar-refractivity contribution in [1.82, 2.24) is 0 Å². The summed E-state index contributed by atoms with van der Waals surface area (Å²) in [5.74, 6) is -17.7. The van der Waals surface area contributed by atoms with Gasteiger partial charge in [-0.3, -0.25) is 0 Å². The second-order valence-electron chi connectivity index (χ2n) is 5.18. The van der Waals surface area contributed by atoms with Gasteiger partial charge in [-0.2, -0.15) is 52.7 Å². The predicted molar refractivity (Wildman–Crippen MR) is 69.2 cm³/mol. The lowest BCUT2D eigenvalue weighted by Crippen LogP contribution is -2.59. The smallest absolute Gasteiger partial charge is 0.378 e. The maximum Gasteiger partial charge on any atom is 0.417 e. The van der Waals surface area contributed by atoms with Gasteiger partial charge in [0, 0.05) is 7.11 Å². The summed E-state index contributed by atoms with van der Waals surface area (Å²) in [4.78, 5) is 0. The van der Waals surface area contributed by atoms with E-state index >= 15 is 0 Å². The van der Waals surface area contributed by atoms with Gasteiger partial charge in [0.1, 0.15) is 6.61 Å². The summed E-state index contributed by atoms with van der Waals surface area (Å²) in [6.07, 6.45) is -14.9. The van der Waals surface area contributed by atoms with Gasteiger partial charge in [0.25, 0.3) is 0 Å². The van der Waals surface area contributed by atoms with Crippen molar-refractivity contribution < 1.29 is 66.2 Å². The minimum atomic E-state index is -6.18. The molecule has 0 unspecified atom stereocenters. The van der Waals surface area contributed by atoms with Gasteiger partial charge in [-0.05, 0) is 12.1 Å². The molecule has 0 aliphatic rings. The lowest BCUT2D eigenvalue weighted by atomic mass is 10.1. The summed E-state index contributed by atoms with van der Waals surface area (Å²) < 4.78 is 173. The van der Waals surface area contributed by atoms with Crippen LogP contribution in [0.15, 0.2) is 24.3 Å². The van der Waals surface area contributed by atoms with Crippen molar-refractivity contribution in [2.75, 3.05) is 13.7 Å². The first-order valence-corrected chi connectivity index (χ1v) is 6.87. The first-order chi connectivity index (χ1) is 12.7. The topological polar surface area (TPSA) is 9.23 Å². The van der Waals surface area contributed by atoms with E-state index in [1.54, 1.807) is 0 Å². The Balaban J connectivity index is 0.000000541. The van der Waals surface area contributed by atoms with Crippen molar-refractivity contribution in [2.45, 2.75) is 36.5 Å². The third-order valence-corrected chi connectivity index (χ3v) is 3.02. The van der Waals surface area contributed by atoms with Crippen molar-refractivity contribution in [2.24, 2.45) is 0 Å². The first-order valence-electron chi connectivity index (χ1n) is 6.87. The number of hydrogen-bond acceptors (Lipinski definition) is 1. The summed E-state index contributed by atoms with van der Waals surface area (Å²) in [5, 5.41) is 0. The second kappa shape index (κ2) is 8.92. The highest BCUT2D eigenvalue weighted by Crippen LogP contribution is 2.48. The Morgan fingerprint density at radius 3 is 1.31 bits per heavy atom. The molecule has 0 bridgehead atoms. The van der Waals surface area contributed by atoms with E-state index in [2.05, 4.69) is 4.74 Å². The molecule has 0 saturated carbocycles. The zero-order valence-electron chi connectivity index (χ0n) is 13.8. The van der Waals surface area contributed by atoms with Gasteiger partial charge >= 0.3 is 36.5 Å². The largest absolute Gasteiger partial charge is 0.417 e. The van der Waals surface area contributed by atoms with Crippen LogP contribution >= 0.6 is 0 Å². The lowest BCUT2D eigenvalue weighted by Gasteiger charge is -2.31. The summed E-state index contributed by atoms with van der Waals surface area (Å²) in [5.41, 5.74) is -3.32. The van der Waals surface area contributed by atoms with E-state index in [1.165, 1.54) is 0 Å². The highest BCUT2D eigenvalue weighted by molar-refractivity contribution is 5.31. The van der Waals surface area contributed by atoms with Crippen molar-refractivity contribution in [3.8, 4) is 0 Å². The van der Waals surface area contributed by atoms with Gasteiger partial charge in [0.15, 0.2) is 0 Å². The molecular weight excluding hydrogens is 450 g/mol. The van der Waals surface area contributed by atoms with E-state index in [0.29, 0.717) is 19.2 Å². The quantitative estimate of drug-likeness (QED) is 0.455. The molecule has 170 valence electrons. The molecule has 0 aromatic heterocycles. The predicted octanol–water partition coefficient (Wildman–Crippen LogP) is 6.53. The maximum absolute atomic E-state index is 12.4. The molecule has 0 aliphatic heterocycles. The van der Waals surface area contributed by atoms with Gasteiger partial charge in [0.05, 0.1) is 11.1 Å². The molecule has 15 heteroatoms. The summed E-state index contributed by atoms with van der Waals surface area (Å²) in [6.45, 7) is -2.08. The zero-order chi connectivity index (χ0) is 23.5. The van der Waals surface area contributed by atoms with Crippen LogP contribution in [0.1, 0.15) is 11.1 Å². The molecule has 0 heterocycles. The van der Waals surface area contributed by atoms with E-state index < -0.39 is 54.3 Å². The van der Waals surface area contributed by atoms with E-state index in [9.17, 15) is 61.5 Å². The molecule has 1 nitrogen and oxygen atoms in total. The van der Waals surface area contributed by atoms with Gasteiger partial charge in [-0.15, -0.1) is 0 Å². The number of alkyl halides is 14. The fraction of sp³-hybridized carbons (Fsp3) is 0.571. The monoisotopic (exact) mass is 460 g/mol.